The van der Waals surface area contributed by atoms with Crippen LogP contribution in [0.3, 0.4) is 0 Å². The number of rotatable bonds is 7. The maximum atomic E-state index is 11.8. The Kier molecular flexibility index (Phi) is 4.69. The summed E-state index contributed by atoms with van der Waals surface area (Å²) < 4.78 is 2.03. The average molecular weight is 318 g/mol. The summed E-state index contributed by atoms with van der Waals surface area (Å²) in [5.41, 5.74) is 9.12. The lowest BCUT2D eigenvalue weighted by Crippen LogP contribution is -2.39. The van der Waals surface area contributed by atoms with Crippen molar-refractivity contribution in [1.82, 2.24) is 14.7 Å². The molecule has 1 saturated carbocycles. The third-order valence-electron chi connectivity index (χ3n) is 3.89. The largest absolute Gasteiger partial charge is 0.354 e. The average Bonchev–Trinajstić information content (AvgIpc) is 3.26. The van der Waals surface area contributed by atoms with Crippen LogP contribution in [0.5, 0.6) is 0 Å². The normalized spacial score (nSPS) is 15.9. The van der Waals surface area contributed by atoms with E-state index < -0.39 is 0 Å². The Morgan fingerprint density at radius 2 is 2.32 bits per heavy atom. The Bertz CT molecular complexity index is 665. The highest BCUT2D eigenvalue weighted by molar-refractivity contribution is 7.99. The molecular weight excluding hydrogens is 296 g/mol. The number of nitrogens with one attached hydrogen (secondary N) is 1. The summed E-state index contributed by atoms with van der Waals surface area (Å²) in [5.74, 6) is 1.86. The van der Waals surface area contributed by atoms with Crippen LogP contribution in [0.15, 0.2) is 24.5 Å². The number of aryl methyl sites for hydroxylation is 1. The van der Waals surface area contributed by atoms with Crippen LogP contribution in [-0.2, 0) is 10.5 Å². The van der Waals surface area contributed by atoms with Crippen molar-refractivity contribution in [2.45, 2.75) is 31.6 Å². The molecule has 0 saturated heterocycles. The van der Waals surface area contributed by atoms with Gasteiger partial charge in [-0.3, -0.25) is 4.79 Å². The maximum Gasteiger partial charge on any atom is 0.230 e. The fraction of sp³-hybridized carbons (Fsp3) is 0.500. The fourth-order valence-electron chi connectivity index (χ4n) is 2.45. The lowest BCUT2D eigenvalue weighted by Gasteiger charge is -2.11. The Labute approximate surface area is 134 Å². The van der Waals surface area contributed by atoms with Crippen molar-refractivity contribution in [2.75, 3.05) is 12.3 Å². The number of fused-ring (bicyclic) bond motifs is 1. The van der Waals surface area contributed by atoms with Crippen molar-refractivity contribution < 1.29 is 4.79 Å². The van der Waals surface area contributed by atoms with Gasteiger partial charge < -0.3 is 15.5 Å². The lowest BCUT2D eigenvalue weighted by molar-refractivity contribution is -0.118. The number of hydrogen-bond acceptors (Lipinski definition) is 4. The van der Waals surface area contributed by atoms with E-state index in [-0.39, 0.29) is 11.9 Å². The number of carbonyl (C=O) groups is 1. The molecule has 3 rings (SSSR count). The van der Waals surface area contributed by atoms with Crippen molar-refractivity contribution in [3.8, 4) is 0 Å². The number of nitrogens with two attached hydrogens (primary N) is 1. The number of aromatic nitrogens is 2. The zero-order valence-corrected chi connectivity index (χ0v) is 13.6. The molecule has 5 nitrogen and oxygen atoms in total. The van der Waals surface area contributed by atoms with Gasteiger partial charge in [-0.1, -0.05) is 6.07 Å². The Hall–Kier alpha value is -1.53. The van der Waals surface area contributed by atoms with Gasteiger partial charge in [0.1, 0.15) is 5.65 Å². The van der Waals surface area contributed by atoms with Crippen molar-refractivity contribution in [3.63, 3.8) is 0 Å². The van der Waals surface area contributed by atoms with Crippen LogP contribution in [0.2, 0.25) is 0 Å². The van der Waals surface area contributed by atoms with E-state index in [1.54, 1.807) is 11.8 Å². The van der Waals surface area contributed by atoms with E-state index in [0.29, 0.717) is 18.2 Å². The molecule has 118 valence electrons. The van der Waals surface area contributed by atoms with Crippen molar-refractivity contribution >= 4 is 23.3 Å². The van der Waals surface area contributed by atoms with E-state index >= 15 is 0 Å². The van der Waals surface area contributed by atoms with Crippen LogP contribution >= 0.6 is 11.8 Å². The molecule has 1 atom stereocenters. The molecule has 2 aromatic rings. The van der Waals surface area contributed by atoms with Crippen LogP contribution in [0.25, 0.3) is 5.65 Å². The zero-order chi connectivity index (χ0) is 15.5. The molecular formula is C16H22N4OS. The van der Waals surface area contributed by atoms with Gasteiger partial charge in [-0.25, -0.2) is 4.98 Å². The topological polar surface area (TPSA) is 72.4 Å². The highest BCUT2D eigenvalue weighted by Crippen LogP contribution is 2.31. The smallest absolute Gasteiger partial charge is 0.230 e. The van der Waals surface area contributed by atoms with Gasteiger partial charge in [0, 0.05) is 30.7 Å². The minimum absolute atomic E-state index is 0.0562. The predicted molar refractivity (Wildman–Crippen MR) is 89.8 cm³/mol. The molecule has 1 amide bonds. The molecule has 0 bridgehead atoms. The second kappa shape index (κ2) is 6.71. The van der Waals surface area contributed by atoms with E-state index in [9.17, 15) is 4.79 Å². The summed E-state index contributed by atoms with van der Waals surface area (Å²) in [6, 6.07) is 4.18. The first-order valence-corrected chi connectivity index (χ1v) is 8.81. The Morgan fingerprint density at radius 3 is 3.09 bits per heavy atom. The lowest BCUT2D eigenvalue weighted by atomic mass is 10.2. The summed E-state index contributed by atoms with van der Waals surface area (Å²) >= 11 is 1.58. The maximum absolute atomic E-state index is 11.8. The van der Waals surface area contributed by atoms with E-state index in [2.05, 4.69) is 29.5 Å². The number of thioether (sulfide) groups is 1. The molecule has 1 aliphatic carbocycles. The van der Waals surface area contributed by atoms with E-state index in [4.69, 9.17) is 5.73 Å². The van der Waals surface area contributed by atoms with Crippen LogP contribution in [-0.4, -0.2) is 33.6 Å². The first kappa shape index (κ1) is 15.4. The molecule has 0 radical (unpaired) electrons. The van der Waals surface area contributed by atoms with Gasteiger partial charge in [-0.15, -0.1) is 11.8 Å². The summed E-state index contributed by atoms with van der Waals surface area (Å²) in [6.07, 6.45) is 6.50. The molecule has 1 aliphatic rings. The third-order valence-corrected chi connectivity index (χ3v) is 4.86. The van der Waals surface area contributed by atoms with Gasteiger partial charge in [-0.05, 0) is 37.3 Å². The molecule has 0 aromatic carbocycles. The summed E-state index contributed by atoms with van der Waals surface area (Å²) in [6.45, 7) is 2.66. The van der Waals surface area contributed by atoms with Crippen molar-refractivity contribution in [1.29, 1.82) is 0 Å². The van der Waals surface area contributed by atoms with Gasteiger partial charge in [-0.2, -0.15) is 0 Å². The summed E-state index contributed by atoms with van der Waals surface area (Å²) in [4.78, 5) is 16.3. The number of hydrogen-bond donors (Lipinski definition) is 2. The molecule has 0 aliphatic heterocycles. The zero-order valence-electron chi connectivity index (χ0n) is 12.8. The predicted octanol–water partition coefficient (Wildman–Crippen LogP) is 1.73. The minimum atomic E-state index is 0.0562. The molecule has 22 heavy (non-hydrogen) atoms. The van der Waals surface area contributed by atoms with Gasteiger partial charge >= 0.3 is 0 Å². The summed E-state index contributed by atoms with van der Waals surface area (Å²) in [5, 5.41) is 2.91. The van der Waals surface area contributed by atoms with Gasteiger partial charge in [0.2, 0.25) is 5.91 Å². The minimum Gasteiger partial charge on any atom is -0.354 e. The fourth-order valence-corrected chi connectivity index (χ4v) is 3.18. The number of carbonyl (C=O) groups excluding carboxylic acids is 1. The van der Waals surface area contributed by atoms with E-state index in [1.165, 1.54) is 18.4 Å². The van der Waals surface area contributed by atoms with Crippen LogP contribution in [0.1, 0.15) is 24.1 Å². The molecule has 6 heteroatoms. The van der Waals surface area contributed by atoms with E-state index in [1.807, 2.05) is 16.7 Å². The van der Waals surface area contributed by atoms with Gasteiger partial charge in [0.15, 0.2) is 0 Å². The van der Waals surface area contributed by atoms with Gasteiger partial charge in [0.05, 0.1) is 11.4 Å². The number of imidazole rings is 1. The molecule has 3 N–H and O–H groups in total. The number of pyridine rings is 1. The first-order chi connectivity index (χ1) is 10.6. The van der Waals surface area contributed by atoms with Crippen LogP contribution in [0, 0.1) is 12.8 Å². The Morgan fingerprint density at radius 1 is 1.50 bits per heavy atom. The number of nitrogens with zero attached hydrogens (tertiary/aromatic N) is 2. The quantitative estimate of drug-likeness (QED) is 0.815. The van der Waals surface area contributed by atoms with Crippen molar-refractivity contribution in [3.05, 3.63) is 35.8 Å². The monoisotopic (exact) mass is 318 g/mol. The molecule has 1 unspecified atom stereocenters. The second-order valence-corrected chi connectivity index (χ2v) is 6.99. The third kappa shape index (κ3) is 4.01. The molecule has 0 spiro atoms. The van der Waals surface area contributed by atoms with E-state index in [0.717, 1.165) is 17.1 Å². The highest BCUT2D eigenvalue weighted by Gasteiger charge is 2.28. The number of amides is 1. The SMILES string of the molecule is Cc1ccc2nc(CSCC(=O)NCC(N)C3CC3)cn2c1. The summed E-state index contributed by atoms with van der Waals surface area (Å²) in [7, 11) is 0. The molecule has 2 heterocycles. The van der Waals surface area contributed by atoms with Crippen LogP contribution < -0.4 is 11.1 Å². The Balaban J connectivity index is 1.42. The standard InChI is InChI=1S/C16H22N4OS/c1-11-2-5-15-19-13(8-20(15)7-11)9-22-10-16(21)18-6-14(17)12-3-4-12/h2,5,7-8,12,14H,3-4,6,9-10,17H2,1H3,(H,18,21). The van der Waals surface area contributed by atoms with Gasteiger partial charge in [0.25, 0.3) is 0 Å². The highest BCUT2D eigenvalue weighted by atomic mass is 32.2. The molecule has 1 fully saturated rings. The molecule has 2 aromatic heterocycles. The first-order valence-electron chi connectivity index (χ1n) is 7.66. The second-order valence-electron chi connectivity index (χ2n) is 6.00. The van der Waals surface area contributed by atoms with Crippen LogP contribution in [0.4, 0.5) is 0 Å². The van der Waals surface area contributed by atoms with Crippen molar-refractivity contribution in [2.24, 2.45) is 11.7 Å².